The summed E-state index contributed by atoms with van der Waals surface area (Å²) in [5.74, 6) is -1.35. The molecule has 6 heteroatoms. The topological polar surface area (TPSA) is 58.2 Å². The van der Waals surface area contributed by atoms with E-state index in [1.165, 1.54) is 6.42 Å². The number of carbonyl (C=O) groups excluding carboxylic acids is 2. The molecule has 2 N–H and O–H groups in total. The van der Waals surface area contributed by atoms with Gasteiger partial charge in [0.15, 0.2) is 0 Å². The summed E-state index contributed by atoms with van der Waals surface area (Å²) in [6.45, 7) is 0. The van der Waals surface area contributed by atoms with E-state index in [0.717, 1.165) is 25.7 Å². The Morgan fingerprint density at radius 1 is 1.05 bits per heavy atom. The van der Waals surface area contributed by atoms with Crippen LogP contribution in [0.4, 0.5) is 5.69 Å². The second-order valence-corrected chi connectivity index (χ2v) is 5.65. The van der Waals surface area contributed by atoms with Crippen molar-refractivity contribution >= 4 is 40.7 Å². The lowest BCUT2D eigenvalue weighted by atomic mass is 9.95. The maximum atomic E-state index is 11.8. The lowest BCUT2D eigenvalue weighted by molar-refractivity contribution is -0.136. The maximum Gasteiger partial charge on any atom is 0.313 e. The number of amides is 2. The van der Waals surface area contributed by atoms with E-state index < -0.39 is 11.8 Å². The first kappa shape index (κ1) is 15.1. The molecule has 0 radical (unpaired) electrons. The SMILES string of the molecule is O=C(Nc1cccc(Cl)c1Cl)C(=O)NC1CCCCC1. The summed E-state index contributed by atoms with van der Waals surface area (Å²) in [4.78, 5) is 23.6. The number of hydrogen-bond donors (Lipinski definition) is 2. The maximum absolute atomic E-state index is 11.8. The molecule has 20 heavy (non-hydrogen) atoms. The van der Waals surface area contributed by atoms with Crippen LogP contribution in [0.3, 0.4) is 0 Å². The molecule has 0 heterocycles. The monoisotopic (exact) mass is 314 g/mol. The summed E-state index contributed by atoms with van der Waals surface area (Å²) in [7, 11) is 0. The van der Waals surface area contributed by atoms with Gasteiger partial charge in [0.05, 0.1) is 15.7 Å². The Morgan fingerprint density at radius 3 is 2.45 bits per heavy atom. The van der Waals surface area contributed by atoms with Gasteiger partial charge in [-0.25, -0.2) is 0 Å². The summed E-state index contributed by atoms with van der Waals surface area (Å²) in [5.41, 5.74) is 0.336. The van der Waals surface area contributed by atoms with Crippen molar-refractivity contribution in [3.05, 3.63) is 28.2 Å². The van der Waals surface area contributed by atoms with Gasteiger partial charge in [-0.1, -0.05) is 48.5 Å². The van der Waals surface area contributed by atoms with Gasteiger partial charge in [-0.15, -0.1) is 0 Å². The van der Waals surface area contributed by atoms with Gasteiger partial charge in [-0.3, -0.25) is 9.59 Å². The molecule has 0 aromatic heterocycles. The van der Waals surface area contributed by atoms with Crippen LogP contribution in [0.5, 0.6) is 0 Å². The zero-order chi connectivity index (χ0) is 14.5. The molecule has 0 unspecified atom stereocenters. The minimum Gasteiger partial charge on any atom is -0.345 e. The zero-order valence-electron chi connectivity index (χ0n) is 10.9. The third kappa shape index (κ3) is 3.87. The van der Waals surface area contributed by atoms with Gasteiger partial charge in [0, 0.05) is 6.04 Å². The Bertz CT molecular complexity index is 514. The van der Waals surface area contributed by atoms with Crippen molar-refractivity contribution in [2.45, 2.75) is 38.1 Å². The van der Waals surface area contributed by atoms with Crippen molar-refractivity contribution in [2.75, 3.05) is 5.32 Å². The number of rotatable bonds is 2. The largest absolute Gasteiger partial charge is 0.345 e. The fraction of sp³-hybridized carbons (Fsp3) is 0.429. The van der Waals surface area contributed by atoms with Crippen molar-refractivity contribution in [2.24, 2.45) is 0 Å². The molecule has 4 nitrogen and oxygen atoms in total. The first-order chi connectivity index (χ1) is 9.58. The molecule has 1 aliphatic rings. The minimum absolute atomic E-state index is 0.0943. The Kier molecular flexibility index (Phi) is 5.26. The van der Waals surface area contributed by atoms with Crippen molar-refractivity contribution in [3.8, 4) is 0 Å². The van der Waals surface area contributed by atoms with Gasteiger partial charge in [0.1, 0.15) is 0 Å². The van der Waals surface area contributed by atoms with Gasteiger partial charge >= 0.3 is 11.8 Å². The number of benzene rings is 1. The molecule has 0 bridgehead atoms. The normalized spacial score (nSPS) is 15.7. The summed E-state index contributed by atoms with van der Waals surface area (Å²) < 4.78 is 0. The van der Waals surface area contributed by atoms with Gasteiger partial charge in [0.2, 0.25) is 0 Å². The molecular weight excluding hydrogens is 299 g/mol. The van der Waals surface area contributed by atoms with Crippen LogP contribution < -0.4 is 10.6 Å². The number of carbonyl (C=O) groups is 2. The highest BCUT2D eigenvalue weighted by Crippen LogP contribution is 2.29. The Labute approximate surface area is 127 Å². The van der Waals surface area contributed by atoms with Crippen LogP contribution in [-0.2, 0) is 9.59 Å². The molecule has 1 saturated carbocycles. The average Bonchev–Trinajstić information content (AvgIpc) is 2.45. The molecule has 0 saturated heterocycles. The predicted molar refractivity (Wildman–Crippen MR) is 80.1 cm³/mol. The fourth-order valence-electron chi connectivity index (χ4n) is 2.28. The summed E-state index contributed by atoms with van der Waals surface area (Å²) in [6.07, 6.45) is 5.23. The Morgan fingerprint density at radius 2 is 1.75 bits per heavy atom. The molecule has 0 aliphatic heterocycles. The van der Waals surface area contributed by atoms with Gasteiger partial charge in [0.25, 0.3) is 0 Å². The van der Waals surface area contributed by atoms with E-state index in [2.05, 4.69) is 10.6 Å². The van der Waals surface area contributed by atoms with Crippen LogP contribution in [0.2, 0.25) is 10.0 Å². The molecule has 0 atom stereocenters. The van der Waals surface area contributed by atoms with Crippen molar-refractivity contribution < 1.29 is 9.59 Å². The number of halogens is 2. The number of anilines is 1. The summed E-state index contributed by atoms with van der Waals surface area (Å²) >= 11 is 11.8. The standard InChI is InChI=1S/C14H16Cl2N2O2/c15-10-7-4-8-11(12(10)16)18-14(20)13(19)17-9-5-2-1-3-6-9/h4,7-9H,1-3,5-6H2,(H,17,19)(H,18,20). The quantitative estimate of drug-likeness (QED) is 0.822. The Balaban J connectivity index is 1.93. The molecule has 108 valence electrons. The molecule has 1 aliphatic carbocycles. The van der Waals surface area contributed by atoms with Crippen LogP contribution in [0, 0.1) is 0 Å². The van der Waals surface area contributed by atoms with Gasteiger partial charge in [-0.05, 0) is 25.0 Å². The molecular formula is C14H16Cl2N2O2. The van der Waals surface area contributed by atoms with E-state index in [1.54, 1.807) is 18.2 Å². The smallest absolute Gasteiger partial charge is 0.313 e. The third-order valence-electron chi connectivity index (χ3n) is 3.35. The molecule has 2 rings (SSSR count). The van der Waals surface area contributed by atoms with E-state index in [0.29, 0.717) is 10.7 Å². The molecule has 1 aromatic carbocycles. The zero-order valence-corrected chi connectivity index (χ0v) is 12.4. The highest BCUT2D eigenvalue weighted by atomic mass is 35.5. The molecule has 0 spiro atoms. The van der Waals surface area contributed by atoms with E-state index in [1.807, 2.05) is 0 Å². The summed E-state index contributed by atoms with van der Waals surface area (Å²) in [6, 6.07) is 4.96. The predicted octanol–water partition coefficient (Wildman–Crippen LogP) is 3.38. The number of nitrogens with one attached hydrogen (secondary N) is 2. The Hall–Kier alpha value is -1.26. The van der Waals surface area contributed by atoms with Crippen molar-refractivity contribution in [1.29, 1.82) is 0 Å². The van der Waals surface area contributed by atoms with Gasteiger partial charge < -0.3 is 10.6 Å². The minimum atomic E-state index is -0.722. The second-order valence-electron chi connectivity index (χ2n) is 4.86. The first-order valence-electron chi connectivity index (χ1n) is 6.64. The van der Waals surface area contributed by atoms with Crippen LogP contribution >= 0.6 is 23.2 Å². The average molecular weight is 315 g/mol. The lowest BCUT2D eigenvalue weighted by Crippen LogP contribution is -2.42. The van der Waals surface area contributed by atoms with Crippen LogP contribution in [0.25, 0.3) is 0 Å². The first-order valence-corrected chi connectivity index (χ1v) is 7.39. The third-order valence-corrected chi connectivity index (χ3v) is 4.17. The fourth-order valence-corrected chi connectivity index (χ4v) is 2.63. The van der Waals surface area contributed by atoms with Crippen LogP contribution in [0.1, 0.15) is 32.1 Å². The van der Waals surface area contributed by atoms with E-state index in [9.17, 15) is 9.59 Å². The van der Waals surface area contributed by atoms with Crippen LogP contribution in [-0.4, -0.2) is 17.9 Å². The molecule has 2 amide bonds. The van der Waals surface area contributed by atoms with E-state index in [4.69, 9.17) is 23.2 Å². The van der Waals surface area contributed by atoms with Crippen molar-refractivity contribution in [3.63, 3.8) is 0 Å². The lowest BCUT2D eigenvalue weighted by Gasteiger charge is -2.22. The van der Waals surface area contributed by atoms with Crippen molar-refractivity contribution in [1.82, 2.24) is 5.32 Å². The second kappa shape index (κ2) is 6.95. The summed E-state index contributed by atoms with van der Waals surface area (Å²) in [5, 5.41) is 5.78. The highest BCUT2D eigenvalue weighted by Gasteiger charge is 2.21. The van der Waals surface area contributed by atoms with Gasteiger partial charge in [-0.2, -0.15) is 0 Å². The molecule has 1 aromatic rings. The van der Waals surface area contributed by atoms with Crippen LogP contribution in [0.15, 0.2) is 18.2 Å². The molecule has 1 fully saturated rings. The van der Waals surface area contributed by atoms with E-state index >= 15 is 0 Å². The number of hydrogen-bond acceptors (Lipinski definition) is 2. The highest BCUT2D eigenvalue weighted by molar-refractivity contribution is 6.45. The van der Waals surface area contributed by atoms with E-state index in [-0.39, 0.29) is 11.1 Å².